The van der Waals surface area contributed by atoms with Gasteiger partial charge in [-0.05, 0) is 48.2 Å². The molecule has 0 aromatic heterocycles. The van der Waals surface area contributed by atoms with E-state index in [0.29, 0.717) is 47.6 Å². The molecule has 0 radical (unpaired) electrons. The maximum atomic E-state index is 14.4. The summed E-state index contributed by atoms with van der Waals surface area (Å²) < 4.78 is 5.54. The number of benzene rings is 3. The predicted octanol–water partition coefficient (Wildman–Crippen LogP) is 5.79. The number of aryl methyl sites for hydroxylation is 2. The molecule has 35 heavy (non-hydrogen) atoms. The predicted molar refractivity (Wildman–Crippen MR) is 140 cm³/mol. The van der Waals surface area contributed by atoms with Crippen molar-refractivity contribution in [3.63, 3.8) is 0 Å². The Morgan fingerprint density at radius 1 is 0.943 bits per heavy atom. The Kier molecular flexibility index (Phi) is 8.24. The van der Waals surface area contributed by atoms with Gasteiger partial charge in [-0.15, -0.1) is 0 Å². The summed E-state index contributed by atoms with van der Waals surface area (Å²) in [5, 5.41) is 0.873. The van der Waals surface area contributed by atoms with Gasteiger partial charge in [0.15, 0.2) is 0 Å². The van der Waals surface area contributed by atoms with Crippen LogP contribution in [0.25, 0.3) is 0 Å². The van der Waals surface area contributed by atoms with Gasteiger partial charge in [0.25, 0.3) is 5.91 Å². The number of imide groups is 1. The van der Waals surface area contributed by atoms with Crippen LogP contribution < -0.4 is 4.90 Å². The Labute approximate surface area is 216 Å². The van der Waals surface area contributed by atoms with Crippen LogP contribution in [-0.2, 0) is 20.7 Å². The number of carbonyl (C=O) groups excluding carboxylic acids is 2. The summed E-state index contributed by atoms with van der Waals surface area (Å²) in [5.74, 6) is -0.628. The summed E-state index contributed by atoms with van der Waals surface area (Å²) in [6.07, 6.45) is 0.102. The zero-order valence-corrected chi connectivity index (χ0v) is 21.4. The molecule has 0 aliphatic carbocycles. The largest absolute Gasteiger partial charge is 0.379 e. The van der Waals surface area contributed by atoms with E-state index in [1.165, 1.54) is 4.90 Å². The maximum absolute atomic E-state index is 14.4. The van der Waals surface area contributed by atoms with Crippen LogP contribution in [-0.4, -0.2) is 43.0 Å². The molecule has 1 heterocycles. The first-order valence-corrected chi connectivity index (χ1v) is 12.4. The Bertz CT molecular complexity index is 1190. The van der Waals surface area contributed by atoms with Crippen LogP contribution in [0.3, 0.4) is 0 Å². The Morgan fingerprint density at radius 3 is 2.23 bits per heavy atom. The lowest BCUT2D eigenvalue weighted by Gasteiger charge is -2.37. The second-order valence-electron chi connectivity index (χ2n) is 8.69. The first-order valence-electron chi connectivity index (χ1n) is 11.6. The van der Waals surface area contributed by atoms with Crippen molar-refractivity contribution in [1.82, 2.24) is 4.90 Å². The number of para-hydroxylation sites is 1. The van der Waals surface area contributed by atoms with Crippen LogP contribution in [0.1, 0.15) is 28.3 Å². The molecule has 2 amide bonds. The lowest BCUT2D eigenvalue weighted by molar-refractivity contribution is -0.131. The number of anilines is 1. The van der Waals surface area contributed by atoms with Crippen molar-refractivity contribution in [2.75, 3.05) is 31.2 Å². The van der Waals surface area contributed by atoms with Gasteiger partial charge >= 0.3 is 0 Å². The summed E-state index contributed by atoms with van der Waals surface area (Å²) in [4.78, 5) is 31.6. The van der Waals surface area contributed by atoms with Gasteiger partial charge in [-0.1, -0.05) is 77.8 Å². The lowest BCUT2D eigenvalue weighted by Crippen LogP contribution is -2.50. The van der Waals surface area contributed by atoms with Crippen LogP contribution in [0.5, 0.6) is 0 Å². The Hall–Kier alpha value is -2.70. The van der Waals surface area contributed by atoms with Crippen molar-refractivity contribution in [3.8, 4) is 0 Å². The van der Waals surface area contributed by atoms with Gasteiger partial charge in [0.1, 0.15) is 6.04 Å². The standard InChI is InChI=1S/C28H28Cl2N2O3/c1-19-7-6-8-20(2)26(19)32(25(33)17-21-9-4-3-5-10-21)28(34)27(31-13-15-35-16-14-31)23-12-11-22(29)18-24(23)30/h3-12,18,27H,13-17H2,1-2H3. The third-order valence-electron chi connectivity index (χ3n) is 6.23. The van der Waals surface area contributed by atoms with Gasteiger partial charge in [0.05, 0.1) is 25.3 Å². The summed E-state index contributed by atoms with van der Waals surface area (Å²) in [7, 11) is 0. The Morgan fingerprint density at radius 2 is 1.60 bits per heavy atom. The van der Waals surface area contributed by atoms with E-state index in [2.05, 4.69) is 0 Å². The highest BCUT2D eigenvalue weighted by Gasteiger charge is 2.38. The van der Waals surface area contributed by atoms with Gasteiger partial charge in [-0.25, -0.2) is 4.90 Å². The molecule has 0 bridgehead atoms. The fourth-order valence-corrected chi connectivity index (χ4v) is 5.04. The minimum absolute atomic E-state index is 0.102. The lowest BCUT2D eigenvalue weighted by atomic mass is 10.00. The van der Waals surface area contributed by atoms with E-state index in [-0.39, 0.29) is 18.2 Å². The average molecular weight is 511 g/mol. The van der Waals surface area contributed by atoms with Crippen molar-refractivity contribution >= 4 is 40.7 Å². The van der Waals surface area contributed by atoms with Crippen molar-refractivity contribution in [3.05, 3.63) is 99.0 Å². The number of halogens is 2. The number of morpholine rings is 1. The molecule has 1 aliphatic heterocycles. The van der Waals surface area contributed by atoms with Gasteiger partial charge in [-0.2, -0.15) is 0 Å². The van der Waals surface area contributed by atoms with Crippen LogP contribution in [0, 0.1) is 13.8 Å². The van der Waals surface area contributed by atoms with E-state index in [1.54, 1.807) is 18.2 Å². The highest BCUT2D eigenvalue weighted by molar-refractivity contribution is 6.35. The number of hydrogen-bond donors (Lipinski definition) is 0. The second-order valence-corrected chi connectivity index (χ2v) is 9.53. The smallest absolute Gasteiger partial charge is 0.255 e. The SMILES string of the molecule is Cc1cccc(C)c1N(C(=O)Cc1ccccc1)C(=O)C(c1ccc(Cl)cc1Cl)N1CCOCC1. The molecule has 1 fully saturated rings. The first-order chi connectivity index (χ1) is 16.9. The normalized spacial score (nSPS) is 15.0. The molecule has 1 saturated heterocycles. The zero-order chi connectivity index (χ0) is 24.9. The van der Waals surface area contributed by atoms with E-state index in [1.807, 2.05) is 67.3 Å². The first kappa shape index (κ1) is 25.4. The van der Waals surface area contributed by atoms with Gasteiger partial charge in [0, 0.05) is 23.1 Å². The molecule has 0 saturated carbocycles. The zero-order valence-electron chi connectivity index (χ0n) is 19.8. The topological polar surface area (TPSA) is 49.9 Å². The van der Waals surface area contributed by atoms with Crippen molar-refractivity contribution in [2.24, 2.45) is 0 Å². The molecular weight excluding hydrogens is 483 g/mol. The van der Waals surface area contributed by atoms with Gasteiger partial charge in [-0.3, -0.25) is 14.5 Å². The third-order valence-corrected chi connectivity index (χ3v) is 6.80. The minimum Gasteiger partial charge on any atom is -0.379 e. The van der Waals surface area contributed by atoms with Crippen molar-refractivity contribution in [1.29, 1.82) is 0 Å². The average Bonchev–Trinajstić information content (AvgIpc) is 2.84. The number of amides is 2. The van der Waals surface area contributed by atoms with E-state index in [4.69, 9.17) is 27.9 Å². The van der Waals surface area contributed by atoms with Crippen LogP contribution in [0.4, 0.5) is 5.69 Å². The van der Waals surface area contributed by atoms with Crippen LogP contribution in [0.15, 0.2) is 66.7 Å². The van der Waals surface area contributed by atoms with Gasteiger partial charge < -0.3 is 4.74 Å². The number of rotatable bonds is 6. The quantitative estimate of drug-likeness (QED) is 0.421. The third kappa shape index (κ3) is 5.76. The second kappa shape index (κ2) is 11.4. The van der Waals surface area contributed by atoms with E-state index < -0.39 is 6.04 Å². The molecule has 7 heteroatoms. The summed E-state index contributed by atoms with van der Waals surface area (Å²) in [6.45, 7) is 5.91. The number of ether oxygens (including phenoxy) is 1. The van der Waals surface area contributed by atoms with Crippen LogP contribution >= 0.6 is 23.2 Å². The minimum atomic E-state index is -0.762. The summed E-state index contributed by atoms with van der Waals surface area (Å²) in [5.41, 5.74) is 3.77. The van der Waals surface area contributed by atoms with E-state index in [0.717, 1.165) is 16.7 Å². The fraction of sp³-hybridized carbons (Fsp3) is 0.286. The molecule has 5 nitrogen and oxygen atoms in total. The molecule has 1 aliphatic rings. The maximum Gasteiger partial charge on any atom is 0.255 e. The molecule has 1 unspecified atom stereocenters. The summed E-state index contributed by atoms with van der Waals surface area (Å²) >= 11 is 12.8. The van der Waals surface area contributed by atoms with Gasteiger partial charge in [0.2, 0.25) is 5.91 Å². The molecule has 1 atom stereocenters. The molecule has 3 aromatic carbocycles. The molecule has 3 aromatic rings. The molecule has 182 valence electrons. The monoisotopic (exact) mass is 510 g/mol. The molecular formula is C28H28Cl2N2O3. The summed E-state index contributed by atoms with van der Waals surface area (Å²) in [6, 6.07) is 19.6. The van der Waals surface area contributed by atoms with Crippen LogP contribution in [0.2, 0.25) is 10.0 Å². The molecule has 0 N–H and O–H groups in total. The number of carbonyl (C=O) groups is 2. The Balaban J connectivity index is 1.82. The number of nitrogens with zero attached hydrogens (tertiary/aromatic N) is 2. The van der Waals surface area contributed by atoms with Crippen molar-refractivity contribution in [2.45, 2.75) is 26.3 Å². The highest BCUT2D eigenvalue weighted by Crippen LogP contribution is 2.35. The van der Waals surface area contributed by atoms with Crippen molar-refractivity contribution < 1.29 is 14.3 Å². The molecule has 4 rings (SSSR count). The highest BCUT2D eigenvalue weighted by atomic mass is 35.5. The van der Waals surface area contributed by atoms with E-state index >= 15 is 0 Å². The number of hydrogen-bond acceptors (Lipinski definition) is 4. The van der Waals surface area contributed by atoms with E-state index in [9.17, 15) is 9.59 Å². The molecule has 0 spiro atoms. The fourth-order valence-electron chi connectivity index (χ4n) is 4.53.